The molecule has 0 atom stereocenters. The first-order valence-electron chi connectivity index (χ1n) is 8.64. The molecule has 2 aromatic rings. The Morgan fingerprint density at radius 2 is 1.92 bits per heavy atom. The van der Waals surface area contributed by atoms with Crippen LogP contribution in [0.1, 0.15) is 36.9 Å². The topological polar surface area (TPSA) is 47.4 Å². The van der Waals surface area contributed by atoms with Crippen LogP contribution >= 0.6 is 0 Å². The number of amides is 1. The zero-order valence-corrected chi connectivity index (χ0v) is 14.4. The molecule has 0 spiro atoms. The minimum atomic E-state index is 0.211. The lowest BCUT2D eigenvalue weighted by atomic mass is 9.93. The Labute approximate surface area is 143 Å². The van der Waals surface area contributed by atoms with Gasteiger partial charge in [0, 0.05) is 37.9 Å². The number of benzene rings is 1. The van der Waals surface area contributed by atoms with Gasteiger partial charge in [-0.25, -0.2) is 0 Å². The molecule has 5 heteroatoms. The van der Waals surface area contributed by atoms with Crippen LogP contribution in [0.5, 0.6) is 5.75 Å². The number of likely N-dealkylation sites (tertiary alicyclic amines) is 1. The monoisotopic (exact) mass is 327 g/mol. The van der Waals surface area contributed by atoms with Gasteiger partial charge in [-0.3, -0.25) is 9.48 Å². The van der Waals surface area contributed by atoms with Gasteiger partial charge >= 0.3 is 0 Å². The molecule has 1 amide bonds. The van der Waals surface area contributed by atoms with E-state index in [0.717, 1.165) is 37.2 Å². The molecule has 1 aliphatic rings. The Bertz CT molecular complexity index is 670. The Morgan fingerprint density at radius 3 is 2.50 bits per heavy atom. The highest BCUT2D eigenvalue weighted by atomic mass is 16.5. The van der Waals surface area contributed by atoms with E-state index in [2.05, 4.69) is 11.2 Å². The fourth-order valence-corrected chi connectivity index (χ4v) is 3.37. The fourth-order valence-electron chi connectivity index (χ4n) is 3.37. The van der Waals surface area contributed by atoms with Crippen molar-refractivity contribution in [3.8, 4) is 5.75 Å². The maximum atomic E-state index is 12.5. The molecule has 1 aromatic heterocycles. The largest absolute Gasteiger partial charge is 0.494 e. The highest BCUT2D eigenvalue weighted by Gasteiger charge is 2.25. The predicted octanol–water partition coefficient (Wildman–Crippen LogP) is 2.77. The summed E-state index contributed by atoms with van der Waals surface area (Å²) in [6, 6.07) is 9.90. The van der Waals surface area contributed by atoms with Crippen molar-refractivity contribution in [2.45, 2.75) is 32.1 Å². The van der Waals surface area contributed by atoms with Gasteiger partial charge in [0.2, 0.25) is 5.91 Å². The van der Waals surface area contributed by atoms with E-state index in [0.29, 0.717) is 18.9 Å². The summed E-state index contributed by atoms with van der Waals surface area (Å²) in [6.45, 7) is 4.27. The molecule has 0 radical (unpaired) electrons. The van der Waals surface area contributed by atoms with Gasteiger partial charge in [0.05, 0.1) is 13.0 Å². The zero-order chi connectivity index (χ0) is 16.9. The van der Waals surface area contributed by atoms with Crippen LogP contribution in [0.2, 0.25) is 0 Å². The van der Waals surface area contributed by atoms with E-state index in [1.807, 2.05) is 54.0 Å². The summed E-state index contributed by atoms with van der Waals surface area (Å²) >= 11 is 0. The first-order chi connectivity index (χ1) is 11.7. The molecule has 1 fully saturated rings. The molecule has 0 aliphatic carbocycles. The maximum absolute atomic E-state index is 12.5. The van der Waals surface area contributed by atoms with Crippen molar-refractivity contribution >= 4 is 5.91 Å². The van der Waals surface area contributed by atoms with Gasteiger partial charge < -0.3 is 9.64 Å². The number of nitrogens with zero attached hydrogens (tertiary/aromatic N) is 3. The summed E-state index contributed by atoms with van der Waals surface area (Å²) in [5.41, 5.74) is 2.31. The van der Waals surface area contributed by atoms with Crippen LogP contribution in [0, 0.1) is 0 Å². The summed E-state index contributed by atoms with van der Waals surface area (Å²) in [5, 5.41) is 4.25. The van der Waals surface area contributed by atoms with E-state index in [4.69, 9.17) is 4.74 Å². The first kappa shape index (κ1) is 16.6. The number of hydrogen-bond acceptors (Lipinski definition) is 3. The van der Waals surface area contributed by atoms with Crippen molar-refractivity contribution in [1.82, 2.24) is 14.7 Å². The van der Waals surface area contributed by atoms with Gasteiger partial charge in [0.1, 0.15) is 5.75 Å². The van der Waals surface area contributed by atoms with Crippen LogP contribution in [0.3, 0.4) is 0 Å². The van der Waals surface area contributed by atoms with Gasteiger partial charge in [0.15, 0.2) is 0 Å². The third-order valence-electron chi connectivity index (χ3n) is 4.71. The second-order valence-corrected chi connectivity index (χ2v) is 6.29. The van der Waals surface area contributed by atoms with E-state index in [9.17, 15) is 4.79 Å². The van der Waals surface area contributed by atoms with Gasteiger partial charge in [-0.2, -0.15) is 5.10 Å². The van der Waals surface area contributed by atoms with E-state index in [1.165, 1.54) is 5.69 Å². The quantitative estimate of drug-likeness (QED) is 0.848. The Hall–Kier alpha value is -2.30. The van der Waals surface area contributed by atoms with Crippen molar-refractivity contribution < 1.29 is 9.53 Å². The van der Waals surface area contributed by atoms with Gasteiger partial charge in [-0.15, -0.1) is 0 Å². The summed E-state index contributed by atoms with van der Waals surface area (Å²) in [4.78, 5) is 14.5. The molecular formula is C19H25N3O2. The van der Waals surface area contributed by atoms with Crippen LogP contribution in [-0.2, 0) is 18.3 Å². The van der Waals surface area contributed by atoms with Gasteiger partial charge in [-0.1, -0.05) is 12.1 Å². The average Bonchev–Trinajstić information content (AvgIpc) is 3.03. The third kappa shape index (κ3) is 3.78. The molecule has 3 rings (SSSR count). The second-order valence-electron chi connectivity index (χ2n) is 6.29. The second kappa shape index (κ2) is 7.51. The molecule has 1 aromatic carbocycles. The number of piperidine rings is 1. The third-order valence-corrected chi connectivity index (χ3v) is 4.71. The number of hydrogen-bond donors (Lipinski definition) is 0. The van der Waals surface area contributed by atoms with Crippen molar-refractivity contribution in [3.05, 3.63) is 47.8 Å². The minimum absolute atomic E-state index is 0.211. The highest BCUT2D eigenvalue weighted by molar-refractivity contribution is 5.78. The number of rotatable bonds is 5. The number of aromatic nitrogens is 2. The fraction of sp³-hybridized carbons (Fsp3) is 0.474. The van der Waals surface area contributed by atoms with Crippen molar-refractivity contribution in [1.29, 1.82) is 0 Å². The van der Waals surface area contributed by atoms with Gasteiger partial charge in [0.25, 0.3) is 0 Å². The Balaban J connectivity index is 1.52. The van der Waals surface area contributed by atoms with E-state index in [1.54, 1.807) is 0 Å². The SMILES string of the molecule is CCOc1ccc(CC(=O)N2CCC(c3ccnn3C)CC2)cc1. The van der Waals surface area contributed by atoms with Crippen LogP contribution in [-0.4, -0.2) is 40.3 Å². The molecule has 1 saturated heterocycles. The summed E-state index contributed by atoms with van der Waals surface area (Å²) in [5.74, 6) is 1.57. The number of carbonyl (C=O) groups is 1. The van der Waals surface area contributed by atoms with Gasteiger partial charge in [-0.05, 0) is 43.5 Å². The van der Waals surface area contributed by atoms with E-state index in [-0.39, 0.29) is 5.91 Å². The number of carbonyl (C=O) groups excluding carboxylic acids is 1. The summed E-state index contributed by atoms with van der Waals surface area (Å²) in [6.07, 6.45) is 4.32. The van der Waals surface area contributed by atoms with Crippen molar-refractivity contribution in [2.24, 2.45) is 7.05 Å². The van der Waals surface area contributed by atoms with Crippen LogP contribution < -0.4 is 4.74 Å². The number of ether oxygens (including phenoxy) is 1. The lowest BCUT2D eigenvalue weighted by molar-refractivity contribution is -0.131. The van der Waals surface area contributed by atoms with Crippen molar-refractivity contribution in [2.75, 3.05) is 19.7 Å². The van der Waals surface area contributed by atoms with Crippen LogP contribution in [0.25, 0.3) is 0 Å². The predicted molar refractivity (Wildman–Crippen MR) is 93.1 cm³/mol. The highest BCUT2D eigenvalue weighted by Crippen LogP contribution is 2.27. The normalized spacial score (nSPS) is 15.5. The van der Waals surface area contributed by atoms with Crippen LogP contribution in [0.15, 0.2) is 36.5 Å². The molecule has 0 bridgehead atoms. The number of aryl methyl sites for hydroxylation is 1. The molecule has 2 heterocycles. The lowest BCUT2D eigenvalue weighted by Crippen LogP contribution is -2.39. The Kier molecular flexibility index (Phi) is 5.18. The molecule has 0 N–H and O–H groups in total. The molecule has 0 saturated carbocycles. The lowest BCUT2D eigenvalue weighted by Gasteiger charge is -2.32. The van der Waals surface area contributed by atoms with Crippen molar-refractivity contribution in [3.63, 3.8) is 0 Å². The molecule has 1 aliphatic heterocycles. The van der Waals surface area contributed by atoms with E-state index >= 15 is 0 Å². The molecular weight excluding hydrogens is 302 g/mol. The minimum Gasteiger partial charge on any atom is -0.494 e. The summed E-state index contributed by atoms with van der Waals surface area (Å²) in [7, 11) is 1.98. The first-order valence-corrected chi connectivity index (χ1v) is 8.64. The standard InChI is InChI=1S/C19H25N3O2/c1-3-24-17-6-4-15(5-7-17)14-19(23)22-12-9-16(10-13-22)18-8-11-20-21(18)2/h4-8,11,16H,3,9-10,12-14H2,1-2H3. The summed E-state index contributed by atoms with van der Waals surface area (Å²) < 4.78 is 7.38. The zero-order valence-electron chi connectivity index (χ0n) is 14.4. The smallest absolute Gasteiger partial charge is 0.226 e. The van der Waals surface area contributed by atoms with Crippen LogP contribution in [0.4, 0.5) is 0 Å². The molecule has 24 heavy (non-hydrogen) atoms. The van der Waals surface area contributed by atoms with E-state index < -0.39 is 0 Å². The molecule has 5 nitrogen and oxygen atoms in total. The molecule has 128 valence electrons. The Morgan fingerprint density at radius 1 is 1.21 bits per heavy atom. The average molecular weight is 327 g/mol. The maximum Gasteiger partial charge on any atom is 0.226 e. The molecule has 0 unspecified atom stereocenters.